The van der Waals surface area contributed by atoms with Gasteiger partial charge in [-0.3, -0.25) is 4.79 Å². The van der Waals surface area contributed by atoms with Crippen LogP contribution in [0.1, 0.15) is 51.1 Å². The highest BCUT2D eigenvalue weighted by Crippen LogP contribution is 2.31. The first-order chi connectivity index (χ1) is 10.6. The van der Waals surface area contributed by atoms with Crippen LogP contribution < -0.4 is 16.4 Å². The fourth-order valence-corrected chi connectivity index (χ4v) is 3.25. The molecule has 4 N–H and O–H groups in total. The molecule has 2 unspecified atom stereocenters. The van der Waals surface area contributed by atoms with E-state index in [-0.39, 0.29) is 23.4 Å². The second-order valence-corrected chi connectivity index (χ2v) is 6.62. The predicted molar refractivity (Wildman–Crippen MR) is 90.4 cm³/mol. The lowest BCUT2D eigenvalue weighted by Crippen LogP contribution is -2.53. The quantitative estimate of drug-likeness (QED) is 0.724. The Morgan fingerprint density at radius 2 is 1.86 bits per heavy atom. The van der Waals surface area contributed by atoms with Crippen molar-refractivity contribution in [2.24, 2.45) is 11.7 Å². The minimum atomic E-state index is -0.120. The summed E-state index contributed by atoms with van der Waals surface area (Å²) in [6.45, 7) is 5.15. The number of amides is 1. The molecular formula is C18H29N3O. The van der Waals surface area contributed by atoms with E-state index in [1.165, 1.54) is 18.4 Å². The van der Waals surface area contributed by atoms with Crippen molar-refractivity contribution in [2.75, 3.05) is 13.1 Å². The van der Waals surface area contributed by atoms with E-state index in [0.717, 1.165) is 12.8 Å². The molecule has 0 aromatic heterocycles. The zero-order chi connectivity index (χ0) is 16.0. The molecule has 0 heterocycles. The van der Waals surface area contributed by atoms with Crippen LogP contribution in [0.25, 0.3) is 0 Å². The molecule has 2 rings (SSSR count). The summed E-state index contributed by atoms with van der Waals surface area (Å²) in [5, 5.41) is 6.87. The van der Waals surface area contributed by atoms with Gasteiger partial charge in [-0.05, 0) is 25.3 Å². The van der Waals surface area contributed by atoms with Crippen molar-refractivity contribution in [2.45, 2.75) is 51.1 Å². The topological polar surface area (TPSA) is 67.2 Å². The number of carbonyl (C=O) groups excluding carboxylic acids is 1. The van der Waals surface area contributed by atoms with Crippen molar-refractivity contribution >= 4 is 5.91 Å². The number of nitrogens with one attached hydrogen (secondary N) is 2. The largest absolute Gasteiger partial charge is 0.354 e. The average Bonchev–Trinajstić information content (AvgIpc) is 3.01. The Bertz CT molecular complexity index is 468. The molecule has 1 aromatic rings. The molecule has 0 radical (unpaired) electrons. The highest BCUT2D eigenvalue weighted by Gasteiger charge is 2.35. The van der Waals surface area contributed by atoms with E-state index in [4.69, 9.17) is 5.73 Å². The third-order valence-corrected chi connectivity index (χ3v) is 4.79. The van der Waals surface area contributed by atoms with E-state index in [1.54, 1.807) is 0 Å². The second kappa shape index (κ2) is 7.75. The Balaban J connectivity index is 1.98. The van der Waals surface area contributed by atoms with E-state index < -0.39 is 0 Å². The van der Waals surface area contributed by atoms with Gasteiger partial charge in [0.05, 0.1) is 0 Å². The summed E-state index contributed by atoms with van der Waals surface area (Å²) < 4.78 is 0. The first-order valence-corrected chi connectivity index (χ1v) is 8.37. The summed E-state index contributed by atoms with van der Waals surface area (Å²) in [4.78, 5) is 12.0. The van der Waals surface area contributed by atoms with Crippen molar-refractivity contribution in [3.63, 3.8) is 0 Å². The van der Waals surface area contributed by atoms with E-state index in [9.17, 15) is 4.79 Å². The number of hydrogen-bond donors (Lipinski definition) is 3. The van der Waals surface area contributed by atoms with Crippen LogP contribution in [0.15, 0.2) is 30.3 Å². The molecule has 1 saturated carbocycles. The van der Waals surface area contributed by atoms with Gasteiger partial charge in [0.25, 0.3) is 0 Å². The first-order valence-electron chi connectivity index (χ1n) is 8.37. The Morgan fingerprint density at radius 3 is 2.45 bits per heavy atom. The maximum absolute atomic E-state index is 12.0. The van der Waals surface area contributed by atoms with Gasteiger partial charge in [0.1, 0.15) is 0 Å². The first kappa shape index (κ1) is 17.0. The molecule has 2 atom stereocenters. The van der Waals surface area contributed by atoms with Crippen LogP contribution in [0, 0.1) is 5.92 Å². The SMILES string of the molecule is CC(CN)C(=O)NCC1(NC(C)c2ccccc2)CCCC1. The fraction of sp³-hybridized carbons (Fsp3) is 0.611. The molecule has 1 amide bonds. The smallest absolute Gasteiger partial charge is 0.224 e. The summed E-state index contributed by atoms with van der Waals surface area (Å²) in [5.74, 6) is -0.0621. The van der Waals surface area contributed by atoms with Crippen LogP contribution in [0.2, 0.25) is 0 Å². The van der Waals surface area contributed by atoms with Gasteiger partial charge >= 0.3 is 0 Å². The molecular weight excluding hydrogens is 274 g/mol. The molecule has 22 heavy (non-hydrogen) atoms. The number of hydrogen-bond acceptors (Lipinski definition) is 3. The van der Waals surface area contributed by atoms with Gasteiger partial charge in [0.15, 0.2) is 0 Å². The number of nitrogens with two attached hydrogens (primary N) is 1. The highest BCUT2D eigenvalue weighted by atomic mass is 16.1. The zero-order valence-corrected chi connectivity index (χ0v) is 13.8. The van der Waals surface area contributed by atoms with Crippen molar-refractivity contribution in [1.82, 2.24) is 10.6 Å². The van der Waals surface area contributed by atoms with E-state index in [2.05, 4.69) is 41.8 Å². The second-order valence-electron chi connectivity index (χ2n) is 6.62. The monoisotopic (exact) mass is 303 g/mol. The van der Waals surface area contributed by atoms with Crippen molar-refractivity contribution in [3.8, 4) is 0 Å². The van der Waals surface area contributed by atoms with Crippen molar-refractivity contribution in [3.05, 3.63) is 35.9 Å². The van der Waals surface area contributed by atoms with Crippen LogP contribution >= 0.6 is 0 Å². The third-order valence-electron chi connectivity index (χ3n) is 4.79. The van der Waals surface area contributed by atoms with Gasteiger partial charge in [0, 0.05) is 30.6 Å². The fourth-order valence-electron chi connectivity index (χ4n) is 3.25. The average molecular weight is 303 g/mol. The summed E-state index contributed by atoms with van der Waals surface area (Å²) in [6, 6.07) is 10.8. The molecule has 4 nitrogen and oxygen atoms in total. The summed E-state index contributed by atoms with van der Waals surface area (Å²) in [7, 11) is 0. The lowest BCUT2D eigenvalue weighted by molar-refractivity contribution is -0.124. The molecule has 0 bridgehead atoms. The van der Waals surface area contributed by atoms with Crippen LogP contribution in [-0.2, 0) is 4.79 Å². The normalized spacial score (nSPS) is 19.6. The minimum Gasteiger partial charge on any atom is -0.354 e. The molecule has 122 valence electrons. The Morgan fingerprint density at radius 1 is 1.23 bits per heavy atom. The van der Waals surface area contributed by atoms with Crippen LogP contribution in [0.5, 0.6) is 0 Å². The lowest BCUT2D eigenvalue weighted by Gasteiger charge is -2.34. The molecule has 0 aliphatic heterocycles. The van der Waals surface area contributed by atoms with E-state index in [1.807, 2.05) is 13.0 Å². The molecule has 1 aliphatic carbocycles. The van der Waals surface area contributed by atoms with Gasteiger partial charge in [0.2, 0.25) is 5.91 Å². The van der Waals surface area contributed by atoms with Crippen LogP contribution in [-0.4, -0.2) is 24.5 Å². The Hall–Kier alpha value is -1.39. The number of rotatable bonds is 7. The molecule has 1 fully saturated rings. The van der Waals surface area contributed by atoms with Gasteiger partial charge in [-0.15, -0.1) is 0 Å². The number of carbonyl (C=O) groups is 1. The number of benzene rings is 1. The molecule has 1 aromatic carbocycles. The summed E-state index contributed by atoms with van der Waals surface area (Å²) >= 11 is 0. The maximum atomic E-state index is 12.0. The van der Waals surface area contributed by atoms with Gasteiger partial charge in [-0.2, -0.15) is 0 Å². The Labute approximate surface area is 133 Å². The summed E-state index contributed by atoms with van der Waals surface area (Å²) in [5.41, 5.74) is 6.87. The highest BCUT2D eigenvalue weighted by molar-refractivity contribution is 5.78. The van der Waals surface area contributed by atoms with Gasteiger partial charge in [-0.1, -0.05) is 50.1 Å². The molecule has 0 spiro atoms. The van der Waals surface area contributed by atoms with Crippen molar-refractivity contribution < 1.29 is 4.79 Å². The van der Waals surface area contributed by atoms with Crippen LogP contribution in [0.3, 0.4) is 0 Å². The molecule has 0 saturated heterocycles. The van der Waals surface area contributed by atoms with E-state index in [0.29, 0.717) is 13.1 Å². The third kappa shape index (κ3) is 4.31. The van der Waals surface area contributed by atoms with Gasteiger partial charge < -0.3 is 16.4 Å². The summed E-state index contributed by atoms with van der Waals surface area (Å²) in [6.07, 6.45) is 4.66. The van der Waals surface area contributed by atoms with E-state index >= 15 is 0 Å². The Kier molecular flexibility index (Phi) is 5.98. The van der Waals surface area contributed by atoms with Crippen molar-refractivity contribution in [1.29, 1.82) is 0 Å². The minimum absolute atomic E-state index is 0.0131. The van der Waals surface area contributed by atoms with Crippen LogP contribution in [0.4, 0.5) is 0 Å². The maximum Gasteiger partial charge on any atom is 0.224 e. The standard InChI is InChI=1S/C18H29N3O/c1-14(12-19)17(22)20-13-18(10-6-7-11-18)21-15(2)16-8-4-3-5-9-16/h3-5,8-9,14-15,21H,6-7,10-13,19H2,1-2H3,(H,20,22). The zero-order valence-electron chi connectivity index (χ0n) is 13.8. The predicted octanol–water partition coefficient (Wildman–Crippen LogP) is 2.36. The molecule has 1 aliphatic rings. The molecule has 4 heteroatoms. The lowest BCUT2D eigenvalue weighted by atomic mass is 9.94. The van der Waals surface area contributed by atoms with Gasteiger partial charge in [-0.25, -0.2) is 0 Å².